The number of benzene rings is 1. The summed E-state index contributed by atoms with van der Waals surface area (Å²) in [6, 6.07) is 5.77. The van der Waals surface area contributed by atoms with Crippen LogP contribution in [0.1, 0.15) is 19.8 Å². The Morgan fingerprint density at radius 3 is 2.61 bits per heavy atom. The second-order valence-electron chi connectivity index (χ2n) is 9.60. The number of rotatable bonds is 8. The number of imidazole rings is 1. The van der Waals surface area contributed by atoms with E-state index >= 15 is 4.39 Å². The van der Waals surface area contributed by atoms with Crippen molar-refractivity contribution in [3.63, 3.8) is 0 Å². The van der Waals surface area contributed by atoms with Crippen LogP contribution in [0.2, 0.25) is 0 Å². The predicted octanol–water partition coefficient (Wildman–Crippen LogP) is 4.19. The van der Waals surface area contributed by atoms with Crippen molar-refractivity contribution in [3.8, 4) is 11.4 Å². The second-order valence-corrected chi connectivity index (χ2v) is 10.5. The van der Waals surface area contributed by atoms with Crippen LogP contribution in [0, 0.1) is 5.82 Å². The van der Waals surface area contributed by atoms with Crippen LogP contribution in [-0.2, 0) is 4.74 Å². The molecule has 36 heavy (non-hydrogen) atoms. The molecule has 3 aromatic rings. The number of anilines is 2. The minimum atomic E-state index is -0.228. The summed E-state index contributed by atoms with van der Waals surface area (Å²) in [7, 11) is 1.72. The highest BCUT2D eigenvalue weighted by atomic mass is 79.9. The summed E-state index contributed by atoms with van der Waals surface area (Å²) in [4.78, 5) is 19.6. The first kappa shape index (κ1) is 25.4. The third-order valence-electron chi connectivity index (χ3n) is 7.40. The second kappa shape index (κ2) is 11.4. The Kier molecular flexibility index (Phi) is 8.05. The molecule has 0 spiro atoms. The SMILES string of the molecule is CCN1CCC(Nc2c(Br)cnc3[nH]c(-c4ccc(N5CCN(CCOC)CC5)c(F)c4)nc23)CC1. The number of nitrogens with one attached hydrogen (secondary N) is 2. The first-order valence-electron chi connectivity index (χ1n) is 12.8. The topological polar surface area (TPSA) is 72.6 Å². The number of fused-ring (bicyclic) bond motifs is 1. The molecule has 1 aromatic carbocycles. The largest absolute Gasteiger partial charge is 0.383 e. The molecular weight excluding hydrogens is 525 g/mol. The van der Waals surface area contributed by atoms with E-state index in [1.165, 1.54) is 0 Å². The molecule has 10 heteroatoms. The molecule has 2 N–H and O–H groups in total. The van der Waals surface area contributed by atoms with Gasteiger partial charge in [-0.25, -0.2) is 14.4 Å². The van der Waals surface area contributed by atoms with Crippen LogP contribution in [0.4, 0.5) is 15.8 Å². The van der Waals surface area contributed by atoms with Gasteiger partial charge in [0.05, 0.1) is 22.5 Å². The zero-order chi connectivity index (χ0) is 25.1. The summed E-state index contributed by atoms with van der Waals surface area (Å²) in [5.41, 5.74) is 3.77. The van der Waals surface area contributed by atoms with Crippen LogP contribution < -0.4 is 10.2 Å². The van der Waals surface area contributed by atoms with E-state index in [0.29, 0.717) is 28.8 Å². The van der Waals surface area contributed by atoms with Gasteiger partial charge in [0.1, 0.15) is 17.2 Å². The average Bonchev–Trinajstić information content (AvgIpc) is 3.35. The fourth-order valence-corrected chi connectivity index (χ4v) is 5.55. The van der Waals surface area contributed by atoms with Gasteiger partial charge < -0.3 is 24.8 Å². The van der Waals surface area contributed by atoms with Gasteiger partial charge in [-0.05, 0) is 53.5 Å². The first-order valence-corrected chi connectivity index (χ1v) is 13.6. The number of likely N-dealkylation sites (tertiary alicyclic amines) is 1. The molecule has 0 bridgehead atoms. The lowest BCUT2D eigenvalue weighted by Crippen LogP contribution is -2.47. The number of piperidine rings is 1. The maximum absolute atomic E-state index is 15.2. The van der Waals surface area contributed by atoms with E-state index in [4.69, 9.17) is 9.72 Å². The number of aromatic nitrogens is 3. The van der Waals surface area contributed by atoms with Crippen molar-refractivity contribution in [1.29, 1.82) is 0 Å². The van der Waals surface area contributed by atoms with Crippen LogP contribution in [-0.4, -0.2) is 96.9 Å². The number of halogens is 2. The highest BCUT2D eigenvalue weighted by Crippen LogP contribution is 2.33. The Morgan fingerprint density at radius 1 is 1.14 bits per heavy atom. The average molecular weight is 561 g/mol. The number of aromatic amines is 1. The van der Waals surface area contributed by atoms with Crippen molar-refractivity contribution in [3.05, 3.63) is 34.7 Å². The van der Waals surface area contributed by atoms with Crippen molar-refractivity contribution in [2.75, 3.05) is 76.3 Å². The van der Waals surface area contributed by atoms with Gasteiger partial charge in [0.2, 0.25) is 0 Å². The molecule has 0 aliphatic carbocycles. The Balaban J connectivity index is 1.32. The summed E-state index contributed by atoms with van der Waals surface area (Å²) in [6.45, 7) is 10.5. The maximum Gasteiger partial charge on any atom is 0.159 e. The zero-order valence-corrected chi connectivity index (χ0v) is 22.7. The van der Waals surface area contributed by atoms with Gasteiger partial charge in [0, 0.05) is 70.7 Å². The van der Waals surface area contributed by atoms with Crippen molar-refractivity contribution < 1.29 is 9.13 Å². The minimum absolute atomic E-state index is 0.228. The van der Waals surface area contributed by atoms with Crippen molar-refractivity contribution in [2.24, 2.45) is 0 Å². The van der Waals surface area contributed by atoms with Crippen LogP contribution in [0.25, 0.3) is 22.6 Å². The Hall–Kier alpha value is -2.27. The molecule has 0 saturated carbocycles. The number of nitrogens with zero attached hydrogens (tertiary/aromatic N) is 5. The van der Waals surface area contributed by atoms with Crippen molar-refractivity contribution >= 4 is 38.5 Å². The minimum Gasteiger partial charge on any atom is -0.383 e. The van der Waals surface area contributed by atoms with E-state index in [9.17, 15) is 0 Å². The molecule has 2 aromatic heterocycles. The Morgan fingerprint density at radius 2 is 1.92 bits per heavy atom. The molecule has 2 aliphatic rings. The van der Waals surface area contributed by atoms with E-state index in [-0.39, 0.29) is 5.82 Å². The lowest BCUT2D eigenvalue weighted by atomic mass is 10.0. The van der Waals surface area contributed by atoms with Gasteiger partial charge in [-0.3, -0.25) is 4.90 Å². The quantitative estimate of drug-likeness (QED) is 0.428. The Bertz CT molecular complexity index is 1170. The van der Waals surface area contributed by atoms with E-state index in [1.807, 2.05) is 12.1 Å². The Labute approximate surface area is 220 Å². The zero-order valence-electron chi connectivity index (χ0n) is 21.1. The highest BCUT2D eigenvalue weighted by Gasteiger charge is 2.23. The molecule has 194 valence electrons. The van der Waals surface area contributed by atoms with Gasteiger partial charge in [-0.2, -0.15) is 0 Å². The van der Waals surface area contributed by atoms with E-state index in [1.54, 1.807) is 19.4 Å². The number of ether oxygens (including phenoxy) is 1. The lowest BCUT2D eigenvalue weighted by molar-refractivity contribution is 0.144. The fourth-order valence-electron chi connectivity index (χ4n) is 5.15. The highest BCUT2D eigenvalue weighted by molar-refractivity contribution is 9.10. The van der Waals surface area contributed by atoms with Crippen LogP contribution in [0.3, 0.4) is 0 Å². The van der Waals surface area contributed by atoms with E-state index in [0.717, 1.165) is 87.5 Å². The number of piperazine rings is 1. The smallest absolute Gasteiger partial charge is 0.159 e. The molecule has 2 aliphatic heterocycles. The molecule has 0 amide bonds. The molecule has 0 radical (unpaired) electrons. The third kappa shape index (κ3) is 5.51. The summed E-state index contributed by atoms with van der Waals surface area (Å²) in [6.07, 6.45) is 3.98. The number of pyridine rings is 1. The van der Waals surface area contributed by atoms with E-state index in [2.05, 4.69) is 52.8 Å². The van der Waals surface area contributed by atoms with Crippen LogP contribution in [0.5, 0.6) is 0 Å². The van der Waals surface area contributed by atoms with Gasteiger partial charge in [-0.15, -0.1) is 0 Å². The molecular formula is C26H35BrFN7O. The number of hydrogen-bond donors (Lipinski definition) is 2. The van der Waals surface area contributed by atoms with Crippen molar-refractivity contribution in [2.45, 2.75) is 25.8 Å². The molecule has 0 atom stereocenters. The number of hydrogen-bond acceptors (Lipinski definition) is 7. The molecule has 0 unspecified atom stereocenters. The van der Waals surface area contributed by atoms with Gasteiger partial charge in [0.15, 0.2) is 5.65 Å². The van der Waals surface area contributed by atoms with Gasteiger partial charge >= 0.3 is 0 Å². The lowest BCUT2D eigenvalue weighted by Gasteiger charge is -2.36. The third-order valence-corrected chi connectivity index (χ3v) is 8.00. The summed E-state index contributed by atoms with van der Waals surface area (Å²) >= 11 is 3.65. The van der Waals surface area contributed by atoms with Gasteiger partial charge in [0.25, 0.3) is 0 Å². The summed E-state index contributed by atoms with van der Waals surface area (Å²) in [5, 5.41) is 3.69. The van der Waals surface area contributed by atoms with Crippen LogP contribution in [0.15, 0.2) is 28.9 Å². The number of H-pyrrole nitrogens is 1. The maximum atomic E-state index is 15.2. The summed E-state index contributed by atoms with van der Waals surface area (Å²) in [5.74, 6) is 0.391. The molecule has 5 rings (SSSR count). The molecule has 2 fully saturated rings. The first-order chi connectivity index (χ1) is 17.6. The standard InChI is InChI=1S/C26H35BrFN7O/c1-3-33-8-6-19(7-9-33)30-23-20(27)17-29-26-24(23)31-25(32-26)18-4-5-22(21(28)16-18)35-12-10-34(11-13-35)14-15-36-2/h4-5,16-17,19H,3,6-15H2,1-2H3,(H2,29,30,31,32). The molecule has 4 heterocycles. The normalized spacial score (nSPS) is 18.3. The van der Waals surface area contributed by atoms with Crippen molar-refractivity contribution in [1.82, 2.24) is 24.8 Å². The molecule has 8 nitrogen and oxygen atoms in total. The number of methoxy groups -OCH3 is 1. The van der Waals surface area contributed by atoms with E-state index < -0.39 is 0 Å². The predicted molar refractivity (Wildman–Crippen MR) is 146 cm³/mol. The summed E-state index contributed by atoms with van der Waals surface area (Å²) < 4.78 is 21.3. The monoisotopic (exact) mass is 559 g/mol. The molecule has 2 saturated heterocycles. The van der Waals surface area contributed by atoms with Crippen LogP contribution >= 0.6 is 15.9 Å². The fraction of sp³-hybridized carbons (Fsp3) is 0.538. The van der Waals surface area contributed by atoms with Gasteiger partial charge in [-0.1, -0.05) is 6.92 Å².